The second-order valence-electron chi connectivity index (χ2n) is 5.86. The van der Waals surface area contributed by atoms with Crippen LogP contribution in [0, 0.1) is 5.82 Å². The van der Waals surface area contributed by atoms with Crippen molar-refractivity contribution < 1.29 is 23.6 Å². The number of hydrogen-bond donors (Lipinski definition) is 3. The molecule has 9 nitrogen and oxygen atoms in total. The Labute approximate surface area is 148 Å². The van der Waals surface area contributed by atoms with E-state index in [-0.39, 0.29) is 5.82 Å². The Morgan fingerprint density at radius 3 is 2.62 bits per heavy atom. The fraction of sp³-hybridized carbons (Fsp3) is 0.312. The number of aromatic nitrogens is 1. The van der Waals surface area contributed by atoms with Gasteiger partial charge < -0.3 is 19.8 Å². The second kappa shape index (κ2) is 7.83. The first kappa shape index (κ1) is 17.7. The minimum absolute atomic E-state index is 0.246. The van der Waals surface area contributed by atoms with Crippen molar-refractivity contribution in [3.8, 4) is 0 Å². The van der Waals surface area contributed by atoms with Crippen LogP contribution in [0.4, 0.5) is 25.5 Å². The molecule has 0 saturated carbocycles. The normalized spacial score (nSPS) is 14.9. The molecular formula is C16H18FN5O4. The highest BCUT2D eigenvalue weighted by Gasteiger charge is 2.20. The summed E-state index contributed by atoms with van der Waals surface area (Å²) in [5.74, 6) is -0.223. The second-order valence-corrected chi connectivity index (χ2v) is 5.86. The van der Waals surface area contributed by atoms with Crippen LogP contribution >= 0.6 is 0 Å². The molecule has 2 heterocycles. The molecule has 26 heavy (non-hydrogen) atoms. The lowest BCUT2D eigenvalue weighted by Crippen LogP contribution is -2.47. The van der Waals surface area contributed by atoms with E-state index in [1.54, 1.807) is 6.07 Å². The molecule has 3 amide bonds. The Hall–Kier alpha value is -3.14. The quantitative estimate of drug-likeness (QED) is 0.768. The zero-order valence-corrected chi connectivity index (χ0v) is 13.8. The van der Waals surface area contributed by atoms with Gasteiger partial charge in [-0.05, 0) is 23.8 Å². The molecule has 2 aromatic rings. The van der Waals surface area contributed by atoms with Crippen LogP contribution in [0.15, 0.2) is 35.1 Å². The molecule has 1 aromatic carbocycles. The van der Waals surface area contributed by atoms with Gasteiger partial charge in [0.2, 0.25) is 0 Å². The van der Waals surface area contributed by atoms with Crippen LogP contribution in [0.2, 0.25) is 0 Å². The predicted molar refractivity (Wildman–Crippen MR) is 90.4 cm³/mol. The van der Waals surface area contributed by atoms with Crippen molar-refractivity contribution in [2.24, 2.45) is 0 Å². The lowest BCUT2D eigenvalue weighted by Gasteiger charge is -2.33. The van der Waals surface area contributed by atoms with Crippen LogP contribution in [-0.2, 0) is 6.54 Å². The van der Waals surface area contributed by atoms with Crippen LogP contribution in [0.5, 0.6) is 0 Å². The zero-order chi connectivity index (χ0) is 18.5. The van der Waals surface area contributed by atoms with Gasteiger partial charge in [0.05, 0.1) is 0 Å². The first-order valence-corrected chi connectivity index (χ1v) is 7.98. The third kappa shape index (κ3) is 4.70. The Morgan fingerprint density at radius 1 is 1.19 bits per heavy atom. The summed E-state index contributed by atoms with van der Waals surface area (Å²) in [5.41, 5.74) is 0.996. The highest BCUT2D eigenvalue weighted by atomic mass is 19.1. The molecule has 0 unspecified atom stereocenters. The summed E-state index contributed by atoms with van der Waals surface area (Å²) in [6, 6.07) is 5.20. The molecule has 1 aromatic heterocycles. The van der Waals surface area contributed by atoms with Crippen molar-refractivity contribution in [1.82, 2.24) is 15.0 Å². The number of amides is 3. The summed E-state index contributed by atoms with van der Waals surface area (Å²) in [4.78, 5) is 26.2. The smallest absolute Gasteiger partial charge is 0.407 e. The lowest BCUT2D eigenvalue weighted by molar-refractivity contribution is 0.103. The molecule has 0 spiro atoms. The number of halogens is 1. The zero-order valence-electron chi connectivity index (χ0n) is 13.8. The first-order chi connectivity index (χ1) is 12.5. The van der Waals surface area contributed by atoms with Gasteiger partial charge in [-0.3, -0.25) is 10.2 Å². The number of hydrogen-bond acceptors (Lipinski definition) is 5. The molecule has 0 radical (unpaired) electrons. The van der Waals surface area contributed by atoms with Crippen molar-refractivity contribution in [1.29, 1.82) is 0 Å². The van der Waals surface area contributed by atoms with Gasteiger partial charge in [-0.25, -0.2) is 14.0 Å². The fourth-order valence-electron chi connectivity index (χ4n) is 2.72. The van der Waals surface area contributed by atoms with Crippen molar-refractivity contribution in [2.75, 3.05) is 36.8 Å². The van der Waals surface area contributed by atoms with Crippen LogP contribution in [0.25, 0.3) is 0 Å². The number of carboxylic acid groups (broad SMARTS) is 1. The third-order valence-corrected chi connectivity index (χ3v) is 3.94. The number of rotatable bonds is 4. The molecule has 138 valence electrons. The molecule has 1 aliphatic heterocycles. The van der Waals surface area contributed by atoms with Gasteiger partial charge in [-0.2, -0.15) is 0 Å². The minimum Gasteiger partial charge on any atom is -0.465 e. The molecule has 0 atom stereocenters. The maximum atomic E-state index is 13.9. The lowest BCUT2D eigenvalue weighted by atomic mass is 10.1. The van der Waals surface area contributed by atoms with Gasteiger partial charge in [0.1, 0.15) is 12.1 Å². The topological polar surface area (TPSA) is 111 Å². The first-order valence-electron chi connectivity index (χ1n) is 7.98. The number of carbonyl (C=O) groups is 2. The van der Waals surface area contributed by atoms with Crippen LogP contribution < -0.4 is 10.6 Å². The summed E-state index contributed by atoms with van der Waals surface area (Å²) in [6.07, 6.45) is 0.389. The highest BCUT2D eigenvalue weighted by Crippen LogP contribution is 2.17. The van der Waals surface area contributed by atoms with E-state index in [0.29, 0.717) is 44.0 Å². The summed E-state index contributed by atoms with van der Waals surface area (Å²) in [7, 11) is 0. The van der Waals surface area contributed by atoms with Gasteiger partial charge in [-0.15, -0.1) is 0 Å². The predicted octanol–water partition coefficient (Wildman–Crippen LogP) is 2.25. The minimum atomic E-state index is -0.931. The number of anilines is 2. The number of benzene rings is 1. The van der Waals surface area contributed by atoms with E-state index in [1.807, 2.05) is 4.90 Å². The van der Waals surface area contributed by atoms with Crippen molar-refractivity contribution in [2.45, 2.75) is 6.54 Å². The Morgan fingerprint density at radius 2 is 1.96 bits per heavy atom. The number of carbonyl (C=O) groups excluding carboxylic acids is 1. The van der Waals surface area contributed by atoms with Crippen LogP contribution in [0.3, 0.4) is 0 Å². The largest absolute Gasteiger partial charge is 0.465 e. The third-order valence-electron chi connectivity index (χ3n) is 3.94. The summed E-state index contributed by atoms with van der Waals surface area (Å²) in [6.45, 7) is 2.42. The number of nitrogens with zero attached hydrogens (tertiary/aromatic N) is 3. The number of piperazine rings is 1. The average molecular weight is 363 g/mol. The van der Waals surface area contributed by atoms with Crippen molar-refractivity contribution in [3.63, 3.8) is 0 Å². The molecule has 0 bridgehead atoms. The Bertz CT molecular complexity index is 775. The molecule has 1 saturated heterocycles. The number of nitrogens with one attached hydrogen (secondary N) is 2. The van der Waals surface area contributed by atoms with E-state index >= 15 is 0 Å². The maximum Gasteiger partial charge on any atom is 0.407 e. The molecule has 10 heteroatoms. The maximum absolute atomic E-state index is 13.9. The summed E-state index contributed by atoms with van der Waals surface area (Å²) >= 11 is 0. The average Bonchev–Trinajstić information content (AvgIpc) is 3.07. The highest BCUT2D eigenvalue weighted by molar-refractivity contribution is 5.99. The van der Waals surface area contributed by atoms with Gasteiger partial charge in [0.25, 0.3) is 0 Å². The molecule has 0 aliphatic carbocycles. The molecule has 3 N–H and O–H groups in total. The molecular weight excluding hydrogens is 345 g/mol. The van der Waals surface area contributed by atoms with Crippen molar-refractivity contribution >= 4 is 23.6 Å². The molecule has 3 rings (SSSR count). The Balaban J connectivity index is 1.59. The van der Waals surface area contributed by atoms with E-state index in [1.165, 1.54) is 29.4 Å². The Kier molecular flexibility index (Phi) is 5.32. The van der Waals surface area contributed by atoms with Crippen molar-refractivity contribution in [3.05, 3.63) is 41.9 Å². The SMILES string of the molecule is O=C(Nc1cc(F)cc(CN2CCN(C(=O)O)CC2)c1)Nc1ccon1. The molecule has 1 aliphatic rings. The summed E-state index contributed by atoms with van der Waals surface area (Å²) in [5, 5.41) is 17.5. The van der Waals surface area contributed by atoms with E-state index < -0.39 is 17.9 Å². The van der Waals surface area contributed by atoms with E-state index in [0.717, 1.165) is 0 Å². The molecule has 1 fully saturated rings. The van der Waals surface area contributed by atoms with E-state index in [9.17, 15) is 14.0 Å². The van der Waals surface area contributed by atoms with E-state index in [2.05, 4.69) is 20.3 Å². The van der Waals surface area contributed by atoms with Gasteiger partial charge in [0, 0.05) is 44.5 Å². The van der Waals surface area contributed by atoms with Gasteiger partial charge in [0.15, 0.2) is 5.82 Å². The van der Waals surface area contributed by atoms with Gasteiger partial charge in [-0.1, -0.05) is 5.16 Å². The van der Waals surface area contributed by atoms with E-state index in [4.69, 9.17) is 5.11 Å². The fourth-order valence-corrected chi connectivity index (χ4v) is 2.72. The number of urea groups is 1. The monoisotopic (exact) mass is 363 g/mol. The summed E-state index contributed by atoms with van der Waals surface area (Å²) < 4.78 is 18.5. The van der Waals surface area contributed by atoms with Crippen LogP contribution in [-0.4, -0.2) is 58.4 Å². The standard InChI is InChI=1S/C16H18FN5O4/c17-12-7-11(10-21-2-4-22(5-3-21)16(24)25)8-13(9-12)18-15(23)19-14-1-6-26-20-14/h1,6-9H,2-5,10H2,(H,24,25)(H2,18,19,20,23). The van der Waals surface area contributed by atoms with Crippen LogP contribution in [0.1, 0.15) is 5.56 Å². The van der Waals surface area contributed by atoms with Gasteiger partial charge >= 0.3 is 12.1 Å².